The molecule has 4 aromatic rings. The van der Waals surface area contributed by atoms with E-state index in [0.29, 0.717) is 23.1 Å². The number of hydrogen-bond acceptors (Lipinski definition) is 2. The van der Waals surface area contributed by atoms with E-state index in [1.165, 1.54) is 6.07 Å². The average Bonchev–Trinajstić information content (AvgIpc) is 3.11. The number of fused-ring (bicyclic) bond motifs is 1. The summed E-state index contributed by atoms with van der Waals surface area (Å²) in [5, 5.41) is 0. The Labute approximate surface area is 167 Å². The lowest BCUT2D eigenvalue weighted by Crippen LogP contribution is -2.10. The molecule has 0 bridgehead atoms. The summed E-state index contributed by atoms with van der Waals surface area (Å²) < 4.78 is 42.5. The first kappa shape index (κ1) is 19.2. The maximum Gasteiger partial charge on any atom is 0.416 e. The van der Waals surface area contributed by atoms with Gasteiger partial charge in [-0.1, -0.05) is 36.4 Å². The van der Waals surface area contributed by atoms with Crippen LogP contribution in [0.3, 0.4) is 0 Å². The Morgan fingerprint density at radius 1 is 0.931 bits per heavy atom. The summed E-state index contributed by atoms with van der Waals surface area (Å²) >= 11 is 0. The van der Waals surface area contributed by atoms with E-state index in [2.05, 4.69) is 4.98 Å². The quantitative estimate of drug-likeness (QED) is 0.437. The molecular weight excluding hydrogens is 375 g/mol. The molecule has 0 fully saturated rings. The van der Waals surface area contributed by atoms with Crippen LogP contribution in [0.2, 0.25) is 0 Å². The van der Waals surface area contributed by atoms with Crippen LogP contribution in [-0.2, 0) is 12.7 Å². The average molecular weight is 395 g/mol. The number of aromatic nitrogens is 2. The van der Waals surface area contributed by atoms with E-state index in [9.17, 15) is 13.2 Å². The molecule has 0 amide bonds. The van der Waals surface area contributed by atoms with Crippen LogP contribution in [0.15, 0.2) is 73.1 Å². The Morgan fingerprint density at radius 3 is 2.38 bits per heavy atom. The van der Waals surface area contributed by atoms with Crippen molar-refractivity contribution in [3.63, 3.8) is 0 Å². The van der Waals surface area contributed by atoms with Crippen molar-refractivity contribution in [2.75, 3.05) is 14.1 Å². The van der Waals surface area contributed by atoms with Gasteiger partial charge in [-0.2, -0.15) is 13.2 Å². The van der Waals surface area contributed by atoms with Crippen molar-refractivity contribution in [2.24, 2.45) is 0 Å². The smallest absolute Gasteiger partial charge is 0.305 e. The molecular formula is C23H20F3N3. The third kappa shape index (κ3) is 3.89. The van der Waals surface area contributed by atoms with Crippen molar-refractivity contribution in [2.45, 2.75) is 12.7 Å². The second-order valence-corrected chi connectivity index (χ2v) is 7.28. The number of para-hydroxylation sites is 1. The van der Waals surface area contributed by atoms with Gasteiger partial charge in [0.2, 0.25) is 0 Å². The molecule has 1 heterocycles. The summed E-state index contributed by atoms with van der Waals surface area (Å²) in [4.78, 5) is 6.30. The summed E-state index contributed by atoms with van der Waals surface area (Å²) in [5.74, 6) is 0. The van der Waals surface area contributed by atoms with Crippen LogP contribution in [0.5, 0.6) is 0 Å². The lowest BCUT2D eigenvalue weighted by atomic mass is 9.98. The zero-order chi connectivity index (χ0) is 20.6. The van der Waals surface area contributed by atoms with Gasteiger partial charge in [-0.05, 0) is 55.6 Å². The Kier molecular flexibility index (Phi) is 4.88. The van der Waals surface area contributed by atoms with Crippen LogP contribution in [-0.4, -0.2) is 28.5 Å². The molecule has 3 nitrogen and oxygen atoms in total. The Hall–Kier alpha value is -3.12. The third-order valence-corrected chi connectivity index (χ3v) is 4.74. The fraction of sp³-hybridized carbons (Fsp3) is 0.174. The Bertz CT molecular complexity index is 1150. The van der Waals surface area contributed by atoms with Crippen molar-refractivity contribution < 1.29 is 13.2 Å². The van der Waals surface area contributed by atoms with E-state index in [1.54, 1.807) is 6.33 Å². The predicted octanol–water partition coefficient (Wildman–Crippen LogP) is 5.77. The van der Waals surface area contributed by atoms with Crippen LogP contribution in [0, 0.1) is 0 Å². The van der Waals surface area contributed by atoms with Gasteiger partial charge in [0, 0.05) is 17.8 Å². The largest absolute Gasteiger partial charge is 0.416 e. The molecule has 0 radical (unpaired) electrons. The van der Waals surface area contributed by atoms with Crippen LogP contribution in [0.1, 0.15) is 11.1 Å². The summed E-state index contributed by atoms with van der Waals surface area (Å²) in [7, 11) is 3.92. The van der Waals surface area contributed by atoms with Crippen molar-refractivity contribution in [3.05, 3.63) is 84.2 Å². The van der Waals surface area contributed by atoms with Gasteiger partial charge >= 0.3 is 6.18 Å². The standard InChI is InChI=1S/C23H20F3N3/c1-28(2)14-16-7-6-8-17(11-16)20-12-18(23(24,25)26)13-21-22(20)29(15-27-21)19-9-4-3-5-10-19/h3-13,15H,14H2,1-2H3. The first-order valence-electron chi connectivity index (χ1n) is 9.21. The summed E-state index contributed by atoms with van der Waals surface area (Å²) in [6.45, 7) is 0.702. The Balaban J connectivity index is 1.99. The molecule has 3 aromatic carbocycles. The molecule has 0 aliphatic rings. The molecule has 1 aromatic heterocycles. The molecule has 0 unspecified atom stereocenters. The van der Waals surface area contributed by atoms with Gasteiger partial charge in [-0.3, -0.25) is 4.57 Å². The van der Waals surface area contributed by atoms with E-state index >= 15 is 0 Å². The number of benzene rings is 3. The van der Waals surface area contributed by atoms with Crippen LogP contribution >= 0.6 is 0 Å². The molecule has 0 spiro atoms. The van der Waals surface area contributed by atoms with Gasteiger partial charge in [-0.15, -0.1) is 0 Å². The van der Waals surface area contributed by atoms with Crippen molar-refractivity contribution in [1.82, 2.24) is 14.5 Å². The number of imidazole rings is 1. The van der Waals surface area contributed by atoms with Crippen LogP contribution < -0.4 is 0 Å². The van der Waals surface area contributed by atoms with Gasteiger partial charge in [0.1, 0.15) is 6.33 Å². The first-order chi connectivity index (χ1) is 13.8. The number of alkyl halides is 3. The fourth-order valence-electron chi connectivity index (χ4n) is 3.52. The SMILES string of the molecule is CN(C)Cc1cccc(-c2cc(C(F)(F)F)cc3ncn(-c4ccccc4)c23)c1. The van der Waals surface area contributed by atoms with E-state index in [0.717, 1.165) is 22.9 Å². The molecule has 0 saturated heterocycles. The van der Waals surface area contributed by atoms with Gasteiger partial charge in [-0.25, -0.2) is 4.98 Å². The van der Waals surface area contributed by atoms with E-state index in [-0.39, 0.29) is 0 Å². The lowest BCUT2D eigenvalue weighted by molar-refractivity contribution is -0.137. The summed E-state index contributed by atoms with van der Waals surface area (Å²) in [5.41, 5.74) is 3.40. The highest BCUT2D eigenvalue weighted by Crippen LogP contribution is 2.38. The maximum atomic E-state index is 13.6. The fourth-order valence-corrected chi connectivity index (χ4v) is 3.52. The molecule has 0 N–H and O–H groups in total. The van der Waals surface area contributed by atoms with E-state index < -0.39 is 11.7 Å². The van der Waals surface area contributed by atoms with Crippen molar-refractivity contribution in [3.8, 4) is 16.8 Å². The van der Waals surface area contributed by atoms with Gasteiger partial charge in [0.15, 0.2) is 0 Å². The molecule has 148 valence electrons. The van der Waals surface area contributed by atoms with Crippen LogP contribution in [0.4, 0.5) is 13.2 Å². The topological polar surface area (TPSA) is 21.1 Å². The Morgan fingerprint density at radius 2 is 1.69 bits per heavy atom. The molecule has 29 heavy (non-hydrogen) atoms. The lowest BCUT2D eigenvalue weighted by Gasteiger charge is -2.15. The minimum atomic E-state index is -4.44. The maximum absolute atomic E-state index is 13.6. The number of nitrogens with zero attached hydrogens (tertiary/aromatic N) is 3. The molecule has 0 aliphatic heterocycles. The highest BCUT2D eigenvalue weighted by atomic mass is 19.4. The highest BCUT2D eigenvalue weighted by Gasteiger charge is 2.32. The van der Waals surface area contributed by atoms with E-state index in [1.807, 2.05) is 78.2 Å². The van der Waals surface area contributed by atoms with Crippen molar-refractivity contribution >= 4 is 11.0 Å². The number of hydrogen-bond donors (Lipinski definition) is 0. The molecule has 4 rings (SSSR count). The van der Waals surface area contributed by atoms with Gasteiger partial charge < -0.3 is 4.90 Å². The van der Waals surface area contributed by atoms with Crippen LogP contribution in [0.25, 0.3) is 27.8 Å². The monoisotopic (exact) mass is 395 g/mol. The first-order valence-corrected chi connectivity index (χ1v) is 9.21. The zero-order valence-corrected chi connectivity index (χ0v) is 16.1. The molecule has 0 atom stereocenters. The summed E-state index contributed by atoms with van der Waals surface area (Å²) in [6.07, 6.45) is -2.87. The minimum Gasteiger partial charge on any atom is -0.305 e. The highest BCUT2D eigenvalue weighted by molar-refractivity contribution is 5.94. The normalized spacial score (nSPS) is 12.1. The second kappa shape index (κ2) is 7.37. The van der Waals surface area contributed by atoms with Gasteiger partial charge in [0.05, 0.1) is 16.6 Å². The second-order valence-electron chi connectivity index (χ2n) is 7.28. The predicted molar refractivity (Wildman–Crippen MR) is 109 cm³/mol. The van der Waals surface area contributed by atoms with E-state index in [4.69, 9.17) is 0 Å². The molecule has 0 aliphatic carbocycles. The molecule has 0 saturated carbocycles. The number of rotatable bonds is 4. The minimum absolute atomic E-state index is 0.316. The zero-order valence-electron chi connectivity index (χ0n) is 16.1. The number of halogens is 3. The third-order valence-electron chi connectivity index (χ3n) is 4.74. The van der Waals surface area contributed by atoms with Crippen molar-refractivity contribution in [1.29, 1.82) is 0 Å². The summed E-state index contributed by atoms with van der Waals surface area (Å²) in [6, 6.07) is 19.5. The molecule has 6 heteroatoms. The van der Waals surface area contributed by atoms with Gasteiger partial charge in [0.25, 0.3) is 0 Å².